The quantitative estimate of drug-likeness (QED) is 0.362. The van der Waals surface area contributed by atoms with Crippen LogP contribution in [0.2, 0.25) is 0 Å². The van der Waals surface area contributed by atoms with E-state index in [4.69, 9.17) is 22.5 Å². The average molecular weight is 145 g/mol. The van der Waals surface area contributed by atoms with Gasteiger partial charge in [-0.1, -0.05) is 28.6 Å². The van der Waals surface area contributed by atoms with Crippen molar-refractivity contribution < 1.29 is 0 Å². The van der Waals surface area contributed by atoms with Gasteiger partial charge < -0.3 is 0 Å². The SMILES string of the molecule is C=CC.ClPCl. The lowest BCUT2D eigenvalue weighted by molar-refractivity contribution is 1.80. The summed E-state index contributed by atoms with van der Waals surface area (Å²) in [6.07, 6.45) is 1.75. The van der Waals surface area contributed by atoms with E-state index in [0.717, 1.165) is 0 Å². The van der Waals surface area contributed by atoms with E-state index in [9.17, 15) is 0 Å². The van der Waals surface area contributed by atoms with Crippen molar-refractivity contribution >= 4 is 29.8 Å². The normalized spacial score (nSPS) is 5.17. The topological polar surface area (TPSA) is 0 Å². The van der Waals surface area contributed by atoms with Crippen molar-refractivity contribution in [2.45, 2.75) is 6.92 Å². The van der Waals surface area contributed by atoms with Gasteiger partial charge in [-0.15, -0.1) is 6.58 Å². The van der Waals surface area contributed by atoms with Gasteiger partial charge in [0.2, 0.25) is 0 Å². The molecule has 0 aliphatic rings. The van der Waals surface area contributed by atoms with E-state index in [1.54, 1.807) is 6.08 Å². The van der Waals surface area contributed by atoms with E-state index in [2.05, 4.69) is 6.58 Å². The van der Waals surface area contributed by atoms with Crippen LogP contribution in [0.3, 0.4) is 0 Å². The molecule has 0 spiro atoms. The smallest absolute Gasteiger partial charge is 0.0713 e. The second-order valence-corrected chi connectivity index (χ2v) is 2.34. The molecule has 0 aromatic carbocycles. The maximum Gasteiger partial charge on any atom is 0.0713 e. The predicted molar refractivity (Wildman–Crippen MR) is 35.9 cm³/mol. The fourth-order valence-electron chi connectivity index (χ4n) is 0. The van der Waals surface area contributed by atoms with Gasteiger partial charge in [0.1, 0.15) is 0 Å². The Kier molecular flexibility index (Phi) is 28.3. The molecule has 0 atom stereocenters. The van der Waals surface area contributed by atoms with Crippen LogP contribution in [0.4, 0.5) is 0 Å². The van der Waals surface area contributed by atoms with Gasteiger partial charge in [-0.3, -0.25) is 0 Å². The van der Waals surface area contributed by atoms with E-state index in [1.165, 1.54) is 0 Å². The summed E-state index contributed by atoms with van der Waals surface area (Å²) in [5, 5.41) is 0. The molecular formula is C3H7Cl2P. The summed E-state index contributed by atoms with van der Waals surface area (Å²) in [7, 11) is 0.0278. The van der Waals surface area contributed by atoms with E-state index >= 15 is 0 Å². The van der Waals surface area contributed by atoms with Crippen LogP contribution in [-0.2, 0) is 0 Å². The van der Waals surface area contributed by atoms with Crippen molar-refractivity contribution in [2.24, 2.45) is 0 Å². The van der Waals surface area contributed by atoms with E-state index in [1.807, 2.05) is 6.92 Å². The van der Waals surface area contributed by atoms with Crippen molar-refractivity contribution in [3.63, 3.8) is 0 Å². The van der Waals surface area contributed by atoms with Crippen LogP contribution >= 0.6 is 29.8 Å². The molecule has 0 rings (SSSR count). The minimum absolute atomic E-state index is 0.0278. The van der Waals surface area contributed by atoms with Crippen LogP contribution in [0, 0.1) is 0 Å². The molecule has 0 amide bonds. The number of allylic oxidation sites excluding steroid dienone is 1. The number of rotatable bonds is 0. The Hall–Kier alpha value is 0.750. The molecule has 0 aliphatic carbocycles. The lowest BCUT2D eigenvalue weighted by Gasteiger charge is -1.42. The molecule has 0 aromatic heterocycles. The molecule has 0 aliphatic heterocycles. The Labute approximate surface area is 49.9 Å². The third kappa shape index (κ3) is 119. The van der Waals surface area contributed by atoms with Crippen molar-refractivity contribution in [1.29, 1.82) is 0 Å². The second-order valence-electron chi connectivity index (χ2n) is 0.480. The van der Waals surface area contributed by atoms with Crippen molar-refractivity contribution in [2.75, 3.05) is 0 Å². The van der Waals surface area contributed by atoms with Gasteiger partial charge in [0.05, 0.1) is 7.29 Å². The number of hydrogen-bond acceptors (Lipinski definition) is 0. The maximum absolute atomic E-state index is 4.79. The van der Waals surface area contributed by atoms with Gasteiger partial charge in [0.25, 0.3) is 0 Å². The first kappa shape index (κ1) is 9.89. The Balaban J connectivity index is 0. The Bertz CT molecular complexity index is 22.8. The average Bonchev–Trinajstić information content (AvgIpc) is 1.39. The van der Waals surface area contributed by atoms with Gasteiger partial charge >= 0.3 is 0 Å². The fraction of sp³-hybridized carbons (Fsp3) is 0.333. The summed E-state index contributed by atoms with van der Waals surface area (Å²) < 4.78 is 0. The first-order valence-corrected chi connectivity index (χ1v) is 4.39. The Morgan fingerprint density at radius 2 is 1.67 bits per heavy atom. The molecule has 6 heavy (non-hydrogen) atoms. The molecule has 0 saturated heterocycles. The second kappa shape index (κ2) is 17.2. The molecule has 3 heteroatoms. The van der Waals surface area contributed by atoms with Crippen LogP contribution < -0.4 is 0 Å². The fourth-order valence-corrected chi connectivity index (χ4v) is 0. The van der Waals surface area contributed by atoms with Gasteiger partial charge in [0, 0.05) is 0 Å². The van der Waals surface area contributed by atoms with Crippen LogP contribution in [0.5, 0.6) is 0 Å². The van der Waals surface area contributed by atoms with Crippen LogP contribution in [0.25, 0.3) is 0 Å². The van der Waals surface area contributed by atoms with E-state index in [0.29, 0.717) is 0 Å². The number of hydrogen-bond donors (Lipinski definition) is 0. The molecule has 0 nitrogen and oxygen atoms in total. The molecular weight excluding hydrogens is 138 g/mol. The molecule has 0 N–H and O–H groups in total. The highest BCUT2D eigenvalue weighted by molar-refractivity contribution is 7.90. The highest BCUT2D eigenvalue weighted by Gasteiger charge is 1.41. The highest BCUT2D eigenvalue weighted by atomic mass is 35.9. The van der Waals surface area contributed by atoms with Gasteiger partial charge in [-0.05, 0) is 6.92 Å². The van der Waals surface area contributed by atoms with Crippen molar-refractivity contribution in [1.82, 2.24) is 0 Å². The molecule has 0 radical (unpaired) electrons. The molecule has 0 aromatic rings. The molecule has 0 heterocycles. The largest absolute Gasteiger partial charge is 0.103 e. The Morgan fingerprint density at radius 3 is 1.67 bits per heavy atom. The standard InChI is InChI=1S/C3H6.Cl2HP/c2*1-3-2/h3H,1H2,2H3;3H. The maximum atomic E-state index is 4.79. The number of halogens is 2. The summed E-state index contributed by atoms with van der Waals surface area (Å²) in [5.41, 5.74) is 0. The highest BCUT2D eigenvalue weighted by Crippen LogP contribution is 2.19. The van der Waals surface area contributed by atoms with Crippen LogP contribution in [0.1, 0.15) is 6.92 Å². The minimum Gasteiger partial charge on any atom is -0.103 e. The summed E-state index contributed by atoms with van der Waals surface area (Å²) in [4.78, 5) is 0. The zero-order chi connectivity index (χ0) is 5.41. The third-order valence-corrected chi connectivity index (χ3v) is 0. The van der Waals surface area contributed by atoms with E-state index < -0.39 is 0 Å². The summed E-state index contributed by atoms with van der Waals surface area (Å²) in [5.74, 6) is 0. The van der Waals surface area contributed by atoms with Crippen LogP contribution in [0.15, 0.2) is 12.7 Å². The zero-order valence-corrected chi connectivity index (χ0v) is 6.05. The lowest BCUT2D eigenvalue weighted by atomic mass is 10.8. The molecule has 0 saturated carbocycles. The van der Waals surface area contributed by atoms with Crippen LogP contribution in [-0.4, -0.2) is 0 Å². The van der Waals surface area contributed by atoms with Crippen molar-refractivity contribution in [3.8, 4) is 0 Å². The van der Waals surface area contributed by atoms with Gasteiger partial charge in [-0.2, -0.15) is 0 Å². The summed E-state index contributed by atoms with van der Waals surface area (Å²) in [6, 6.07) is 0. The molecule has 0 unspecified atom stereocenters. The summed E-state index contributed by atoms with van der Waals surface area (Å²) in [6.45, 7) is 5.25. The lowest BCUT2D eigenvalue weighted by Crippen LogP contribution is -1.07. The third-order valence-electron chi connectivity index (χ3n) is 0. The van der Waals surface area contributed by atoms with Gasteiger partial charge in [0.15, 0.2) is 0 Å². The van der Waals surface area contributed by atoms with Gasteiger partial charge in [-0.25, -0.2) is 0 Å². The minimum atomic E-state index is 0.0278. The molecule has 0 bridgehead atoms. The van der Waals surface area contributed by atoms with E-state index in [-0.39, 0.29) is 7.29 Å². The monoisotopic (exact) mass is 144 g/mol. The first-order chi connectivity index (χ1) is 2.83. The Morgan fingerprint density at radius 1 is 1.67 bits per heavy atom. The predicted octanol–water partition coefficient (Wildman–Crippen LogP) is 3.16. The van der Waals surface area contributed by atoms with Crippen molar-refractivity contribution in [3.05, 3.63) is 12.7 Å². The molecule has 0 fully saturated rings. The first-order valence-electron chi connectivity index (χ1n) is 1.36. The summed E-state index contributed by atoms with van der Waals surface area (Å²) >= 11 is 9.58. The zero-order valence-electron chi connectivity index (χ0n) is 3.54. The molecule has 38 valence electrons.